The molecule has 0 spiro atoms. The molecule has 2 rings (SSSR count). The molecular weight excluding hydrogens is 259 g/mol. The third-order valence-corrected chi connectivity index (χ3v) is 2.73. The molecule has 0 aromatic carbocycles. The van der Waals surface area contributed by atoms with E-state index in [0.29, 0.717) is 12.0 Å². The minimum atomic E-state index is -4.34. The Hall–Kier alpha value is -0.580. The zero-order chi connectivity index (χ0) is 10.3. The standard InChI is InChI=1S/C9H7BrF3N/c10-7-4-5-2-1-3-6(5)8(14-7)9(11,12)13/h4H,1-3H2. The molecule has 0 radical (unpaired) electrons. The molecule has 5 heteroatoms. The van der Waals surface area contributed by atoms with Gasteiger partial charge in [-0.1, -0.05) is 0 Å². The summed E-state index contributed by atoms with van der Waals surface area (Å²) in [5.41, 5.74) is 0.430. The number of fused-ring (bicyclic) bond motifs is 1. The highest BCUT2D eigenvalue weighted by Crippen LogP contribution is 2.36. The molecule has 0 fully saturated rings. The first kappa shape index (κ1) is 9.96. The number of rotatable bonds is 0. The van der Waals surface area contributed by atoms with Crippen LogP contribution in [0.25, 0.3) is 0 Å². The van der Waals surface area contributed by atoms with Crippen LogP contribution in [-0.4, -0.2) is 4.98 Å². The smallest absolute Gasteiger partial charge is 0.236 e. The number of alkyl halides is 3. The Morgan fingerprint density at radius 1 is 1.29 bits per heavy atom. The van der Waals surface area contributed by atoms with E-state index >= 15 is 0 Å². The summed E-state index contributed by atoms with van der Waals surface area (Å²) >= 11 is 3.00. The summed E-state index contributed by atoms with van der Waals surface area (Å²) in [5, 5.41) is 0. The summed E-state index contributed by atoms with van der Waals surface area (Å²) in [6.07, 6.45) is -2.33. The van der Waals surface area contributed by atoms with Crippen LogP contribution in [0.3, 0.4) is 0 Å². The summed E-state index contributed by atoms with van der Waals surface area (Å²) in [4.78, 5) is 3.51. The minimum Gasteiger partial charge on any atom is -0.236 e. The van der Waals surface area contributed by atoms with Gasteiger partial charge in [-0.3, -0.25) is 0 Å². The van der Waals surface area contributed by atoms with Crippen LogP contribution in [0.4, 0.5) is 13.2 Å². The van der Waals surface area contributed by atoms with Gasteiger partial charge in [-0.15, -0.1) is 0 Å². The molecule has 1 aromatic rings. The fourth-order valence-corrected chi connectivity index (χ4v) is 2.24. The predicted octanol–water partition coefficient (Wildman–Crippen LogP) is 3.35. The Kier molecular flexibility index (Phi) is 2.29. The second-order valence-corrected chi connectivity index (χ2v) is 4.10. The maximum atomic E-state index is 12.5. The van der Waals surface area contributed by atoms with Crippen LogP contribution in [0.5, 0.6) is 0 Å². The number of hydrogen-bond donors (Lipinski definition) is 0. The fourth-order valence-electron chi connectivity index (χ4n) is 1.78. The molecule has 0 bridgehead atoms. The van der Waals surface area contributed by atoms with E-state index in [1.54, 1.807) is 6.07 Å². The summed E-state index contributed by atoms with van der Waals surface area (Å²) in [6, 6.07) is 1.68. The van der Waals surface area contributed by atoms with Gasteiger partial charge in [0, 0.05) is 0 Å². The topological polar surface area (TPSA) is 12.9 Å². The zero-order valence-corrected chi connectivity index (χ0v) is 8.74. The van der Waals surface area contributed by atoms with Crippen LogP contribution in [0, 0.1) is 0 Å². The Balaban J connectivity index is 2.60. The minimum absolute atomic E-state index is 0.269. The molecule has 76 valence electrons. The lowest BCUT2D eigenvalue weighted by Crippen LogP contribution is -2.12. The number of hydrogen-bond acceptors (Lipinski definition) is 1. The molecule has 1 nitrogen and oxygen atoms in total. The highest BCUT2D eigenvalue weighted by atomic mass is 79.9. The second kappa shape index (κ2) is 3.22. The average molecular weight is 266 g/mol. The summed E-state index contributed by atoms with van der Waals surface area (Å²) in [7, 11) is 0. The summed E-state index contributed by atoms with van der Waals surface area (Å²) in [6.45, 7) is 0. The lowest BCUT2D eigenvalue weighted by Gasteiger charge is -2.11. The van der Waals surface area contributed by atoms with E-state index < -0.39 is 11.9 Å². The van der Waals surface area contributed by atoms with Gasteiger partial charge in [0.05, 0.1) is 0 Å². The normalized spacial score (nSPS) is 15.7. The molecule has 0 saturated carbocycles. The maximum absolute atomic E-state index is 12.5. The Morgan fingerprint density at radius 3 is 2.64 bits per heavy atom. The van der Waals surface area contributed by atoms with E-state index in [0.717, 1.165) is 18.4 Å². The average Bonchev–Trinajstić information content (AvgIpc) is 2.47. The molecule has 0 aliphatic heterocycles. The molecule has 0 N–H and O–H groups in total. The van der Waals surface area contributed by atoms with Gasteiger partial charge >= 0.3 is 6.18 Å². The van der Waals surface area contributed by atoms with Crippen LogP contribution < -0.4 is 0 Å². The van der Waals surface area contributed by atoms with Crippen molar-refractivity contribution in [2.24, 2.45) is 0 Å². The second-order valence-electron chi connectivity index (χ2n) is 3.28. The lowest BCUT2D eigenvalue weighted by atomic mass is 10.1. The molecule has 0 unspecified atom stereocenters. The van der Waals surface area contributed by atoms with Crippen molar-refractivity contribution in [3.63, 3.8) is 0 Å². The van der Waals surface area contributed by atoms with Gasteiger partial charge in [0.25, 0.3) is 0 Å². The van der Waals surface area contributed by atoms with Gasteiger partial charge in [0.1, 0.15) is 10.3 Å². The van der Waals surface area contributed by atoms with Crippen molar-refractivity contribution in [3.8, 4) is 0 Å². The highest BCUT2D eigenvalue weighted by molar-refractivity contribution is 9.10. The van der Waals surface area contributed by atoms with E-state index in [9.17, 15) is 13.2 Å². The molecule has 14 heavy (non-hydrogen) atoms. The number of aryl methyl sites for hydroxylation is 1. The number of halogens is 4. The number of aromatic nitrogens is 1. The van der Waals surface area contributed by atoms with E-state index in [-0.39, 0.29) is 4.60 Å². The van der Waals surface area contributed by atoms with Crippen LogP contribution in [0.1, 0.15) is 23.2 Å². The molecule has 0 saturated heterocycles. The van der Waals surface area contributed by atoms with Gasteiger partial charge in [-0.05, 0) is 52.4 Å². The van der Waals surface area contributed by atoms with Gasteiger partial charge in [0.2, 0.25) is 0 Å². The van der Waals surface area contributed by atoms with Gasteiger partial charge < -0.3 is 0 Å². The van der Waals surface area contributed by atoms with Crippen molar-refractivity contribution in [2.45, 2.75) is 25.4 Å². The maximum Gasteiger partial charge on any atom is 0.433 e. The zero-order valence-electron chi connectivity index (χ0n) is 7.16. The van der Waals surface area contributed by atoms with Crippen LogP contribution in [0.2, 0.25) is 0 Å². The van der Waals surface area contributed by atoms with Crippen molar-refractivity contribution in [1.82, 2.24) is 4.98 Å². The molecular formula is C9H7BrF3N. The molecule has 1 heterocycles. The third-order valence-electron chi connectivity index (χ3n) is 2.33. The Morgan fingerprint density at radius 2 is 2.00 bits per heavy atom. The first-order valence-corrected chi connectivity index (χ1v) is 5.03. The molecule has 1 aliphatic rings. The van der Waals surface area contributed by atoms with Crippen molar-refractivity contribution in [3.05, 3.63) is 27.5 Å². The van der Waals surface area contributed by atoms with Crippen molar-refractivity contribution in [2.75, 3.05) is 0 Å². The summed E-state index contributed by atoms with van der Waals surface area (Å²) < 4.78 is 37.9. The Labute approximate surface area is 87.5 Å². The Bertz CT molecular complexity index is 373. The number of nitrogens with zero attached hydrogens (tertiary/aromatic N) is 1. The van der Waals surface area contributed by atoms with Gasteiger partial charge in [-0.2, -0.15) is 13.2 Å². The quantitative estimate of drug-likeness (QED) is 0.656. The van der Waals surface area contributed by atoms with E-state index in [1.165, 1.54) is 0 Å². The van der Waals surface area contributed by atoms with Crippen LogP contribution >= 0.6 is 15.9 Å². The first-order valence-electron chi connectivity index (χ1n) is 4.24. The highest BCUT2D eigenvalue weighted by Gasteiger charge is 2.37. The van der Waals surface area contributed by atoms with E-state index in [4.69, 9.17) is 0 Å². The van der Waals surface area contributed by atoms with Crippen LogP contribution in [0.15, 0.2) is 10.7 Å². The third kappa shape index (κ3) is 1.65. The monoisotopic (exact) mass is 265 g/mol. The molecule has 1 aliphatic carbocycles. The molecule has 1 aromatic heterocycles. The van der Waals surface area contributed by atoms with E-state index in [2.05, 4.69) is 20.9 Å². The molecule has 0 atom stereocenters. The fraction of sp³-hybridized carbons (Fsp3) is 0.444. The van der Waals surface area contributed by atoms with Crippen molar-refractivity contribution in [1.29, 1.82) is 0 Å². The molecule has 0 amide bonds. The van der Waals surface area contributed by atoms with Crippen molar-refractivity contribution < 1.29 is 13.2 Å². The van der Waals surface area contributed by atoms with E-state index in [1.807, 2.05) is 0 Å². The predicted molar refractivity (Wildman–Crippen MR) is 49.0 cm³/mol. The van der Waals surface area contributed by atoms with Gasteiger partial charge in [0.15, 0.2) is 0 Å². The largest absolute Gasteiger partial charge is 0.433 e. The summed E-state index contributed by atoms with van der Waals surface area (Å²) in [5.74, 6) is 0. The van der Waals surface area contributed by atoms with Crippen LogP contribution in [-0.2, 0) is 19.0 Å². The van der Waals surface area contributed by atoms with Crippen molar-refractivity contribution >= 4 is 15.9 Å². The first-order chi connectivity index (χ1) is 6.48. The van der Waals surface area contributed by atoms with Gasteiger partial charge in [-0.25, -0.2) is 4.98 Å². The SMILES string of the molecule is FC(F)(F)c1nc(Br)cc2c1CCC2. The lowest BCUT2D eigenvalue weighted by molar-refractivity contribution is -0.141. The number of pyridine rings is 1.